The Bertz CT molecular complexity index is 417. The fraction of sp³-hybridized carbons (Fsp3) is 0.500. The molecule has 0 saturated heterocycles. The van der Waals surface area contributed by atoms with Gasteiger partial charge < -0.3 is 0 Å². The highest BCUT2D eigenvalue weighted by atomic mass is 35.5. The SMILES string of the molecule is Cn1nc(C(F)(F)F)c(CN=[N+]=[N-])c1Cl. The molecule has 1 aromatic heterocycles. The molecule has 1 heterocycles. The zero-order valence-electron chi connectivity index (χ0n) is 7.46. The Morgan fingerprint density at radius 2 is 2.20 bits per heavy atom. The fourth-order valence-electron chi connectivity index (χ4n) is 1.02. The van der Waals surface area contributed by atoms with E-state index in [4.69, 9.17) is 17.1 Å². The summed E-state index contributed by atoms with van der Waals surface area (Å²) in [5.41, 5.74) is 6.59. The summed E-state index contributed by atoms with van der Waals surface area (Å²) in [5.74, 6) is 0. The van der Waals surface area contributed by atoms with E-state index in [1.807, 2.05) is 0 Å². The number of azide groups is 1. The molecular weight excluding hydrogens is 235 g/mol. The summed E-state index contributed by atoms with van der Waals surface area (Å²) in [6.45, 7) is -0.474. The lowest BCUT2D eigenvalue weighted by Crippen LogP contribution is -2.09. The number of rotatable bonds is 2. The first-order chi connectivity index (χ1) is 6.88. The maximum atomic E-state index is 12.4. The molecule has 0 atom stereocenters. The molecule has 82 valence electrons. The van der Waals surface area contributed by atoms with Crippen molar-refractivity contribution in [1.29, 1.82) is 0 Å². The molecule has 5 nitrogen and oxygen atoms in total. The topological polar surface area (TPSA) is 66.6 Å². The molecular formula is C6H5ClF3N5. The summed E-state index contributed by atoms with van der Waals surface area (Å²) < 4.78 is 38.1. The van der Waals surface area contributed by atoms with Crippen LogP contribution < -0.4 is 0 Å². The average molecular weight is 240 g/mol. The number of hydrogen-bond acceptors (Lipinski definition) is 2. The van der Waals surface area contributed by atoms with Gasteiger partial charge in [-0.2, -0.15) is 18.3 Å². The van der Waals surface area contributed by atoms with E-state index < -0.39 is 18.4 Å². The molecule has 0 bridgehead atoms. The van der Waals surface area contributed by atoms with Crippen LogP contribution in [-0.4, -0.2) is 9.78 Å². The summed E-state index contributed by atoms with van der Waals surface area (Å²) in [4.78, 5) is 2.37. The van der Waals surface area contributed by atoms with Crippen molar-refractivity contribution in [3.8, 4) is 0 Å². The lowest BCUT2D eigenvalue weighted by atomic mass is 10.2. The van der Waals surface area contributed by atoms with Crippen LogP contribution in [0.3, 0.4) is 0 Å². The van der Waals surface area contributed by atoms with Crippen LogP contribution >= 0.6 is 11.6 Å². The van der Waals surface area contributed by atoms with Crippen LogP contribution in [-0.2, 0) is 19.8 Å². The summed E-state index contributed by atoms with van der Waals surface area (Å²) in [5, 5.41) is 6.06. The largest absolute Gasteiger partial charge is 0.435 e. The molecule has 0 aliphatic heterocycles. The van der Waals surface area contributed by atoms with E-state index in [2.05, 4.69) is 15.1 Å². The highest BCUT2D eigenvalue weighted by Gasteiger charge is 2.38. The van der Waals surface area contributed by atoms with Gasteiger partial charge in [0, 0.05) is 17.5 Å². The van der Waals surface area contributed by atoms with Crippen LogP contribution in [0.5, 0.6) is 0 Å². The van der Waals surface area contributed by atoms with Crippen molar-refractivity contribution in [2.45, 2.75) is 12.7 Å². The highest BCUT2D eigenvalue weighted by Crippen LogP contribution is 2.34. The van der Waals surface area contributed by atoms with Gasteiger partial charge in [-0.15, -0.1) is 0 Å². The zero-order chi connectivity index (χ0) is 11.6. The summed E-state index contributed by atoms with van der Waals surface area (Å²) >= 11 is 5.57. The Morgan fingerprint density at radius 1 is 1.60 bits per heavy atom. The molecule has 0 fully saturated rings. The van der Waals surface area contributed by atoms with Crippen molar-refractivity contribution in [2.75, 3.05) is 0 Å². The van der Waals surface area contributed by atoms with Gasteiger partial charge in [-0.05, 0) is 5.53 Å². The average Bonchev–Trinajstić information content (AvgIpc) is 2.40. The third-order valence-corrected chi connectivity index (χ3v) is 2.10. The molecule has 0 aliphatic carbocycles. The number of aromatic nitrogens is 2. The van der Waals surface area contributed by atoms with E-state index in [0.29, 0.717) is 0 Å². The molecule has 0 unspecified atom stereocenters. The third kappa shape index (κ3) is 2.34. The summed E-state index contributed by atoms with van der Waals surface area (Å²) in [6, 6.07) is 0. The molecule has 0 saturated carbocycles. The van der Waals surface area contributed by atoms with E-state index in [1.165, 1.54) is 7.05 Å². The minimum Gasteiger partial charge on any atom is -0.256 e. The fourth-order valence-corrected chi connectivity index (χ4v) is 1.20. The first kappa shape index (κ1) is 11.7. The Balaban J connectivity index is 3.26. The van der Waals surface area contributed by atoms with Crippen LogP contribution in [0.25, 0.3) is 10.4 Å². The molecule has 0 spiro atoms. The van der Waals surface area contributed by atoms with Gasteiger partial charge in [0.15, 0.2) is 5.69 Å². The molecule has 0 aliphatic rings. The number of alkyl halides is 3. The second kappa shape index (κ2) is 4.00. The normalized spacial score (nSPS) is 11.3. The van der Waals surface area contributed by atoms with Crippen molar-refractivity contribution >= 4 is 11.6 Å². The van der Waals surface area contributed by atoms with Crippen LogP contribution in [0.1, 0.15) is 11.3 Å². The Kier molecular flexibility index (Phi) is 3.11. The maximum Gasteiger partial charge on any atom is 0.435 e. The molecule has 0 aromatic carbocycles. The van der Waals surface area contributed by atoms with Crippen molar-refractivity contribution < 1.29 is 13.2 Å². The Morgan fingerprint density at radius 3 is 2.67 bits per heavy atom. The second-order valence-corrected chi connectivity index (χ2v) is 2.99. The minimum atomic E-state index is -4.61. The molecule has 0 radical (unpaired) electrons. The number of nitrogens with zero attached hydrogens (tertiary/aromatic N) is 5. The standard InChI is InChI=1S/C6H5ClF3N5/c1-15-5(7)3(2-12-14-11)4(13-15)6(8,9)10/h2H2,1H3. The van der Waals surface area contributed by atoms with Gasteiger partial charge in [0.2, 0.25) is 0 Å². The van der Waals surface area contributed by atoms with Crippen LogP contribution in [0.2, 0.25) is 5.15 Å². The molecule has 1 aromatic rings. The van der Waals surface area contributed by atoms with Crippen molar-refractivity contribution in [2.24, 2.45) is 12.2 Å². The predicted octanol–water partition coefficient (Wildman–Crippen LogP) is 2.90. The van der Waals surface area contributed by atoms with Crippen molar-refractivity contribution in [3.63, 3.8) is 0 Å². The molecule has 15 heavy (non-hydrogen) atoms. The maximum absolute atomic E-state index is 12.4. The molecule has 1 rings (SSSR count). The van der Waals surface area contributed by atoms with Crippen molar-refractivity contribution in [1.82, 2.24) is 9.78 Å². The van der Waals surface area contributed by atoms with E-state index in [1.54, 1.807) is 0 Å². The van der Waals surface area contributed by atoms with Crippen LogP contribution in [0, 0.1) is 0 Å². The van der Waals surface area contributed by atoms with Gasteiger partial charge in [0.25, 0.3) is 0 Å². The van der Waals surface area contributed by atoms with E-state index in [0.717, 1.165) is 4.68 Å². The van der Waals surface area contributed by atoms with E-state index in [-0.39, 0.29) is 10.7 Å². The Hall–Kier alpha value is -1.40. The van der Waals surface area contributed by atoms with Gasteiger partial charge in [0.1, 0.15) is 5.15 Å². The van der Waals surface area contributed by atoms with Gasteiger partial charge in [0.05, 0.1) is 6.54 Å². The molecule has 0 amide bonds. The first-order valence-electron chi connectivity index (χ1n) is 3.67. The second-order valence-electron chi connectivity index (χ2n) is 2.63. The minimum absolute atomic E-state index is 0.185. The smallest absolute Gasteiger partial charge is 0.256 e. The quantitative estimate of drug-likeness (QED) is 0.444. The first-order valence-corrected chi connectivity index (χ1v) is 4.05. The van der Waals surface area contributed by atoms with E-state index >= 15 is 0 Å². The molecule has 9 heteroatoms. The highest BCUT2D eigenvalue weighted by molar-refractivity contribution is 6.30. The summed E-state index contributed by atoms with van der Waals surface area (Å²) in [7, 11) is 1.27. The van der Waals surface area contributed by atoms with E-state index in [9.17, 15) is 13.2 Å². The number of halogens is 4. The van der Waals surface area contributed by atoms with Gasteiger partial charge in [-0.1, -0.05) is 16.7 Å². The van der Waals surface area contributed by atoms with Crippen LogP contribution in [0.4, 0.5) is 13.2 Å². The number of hydrogen-bond donors (Lipinski definition) is 0. The lowest BCUT2D eigenvalue weighted by molar-refractivity contribution is -0.142. The predicted molar refractivity (Wildman–Crippen MR) is 46.1 cm³/mol. The zero-order valence-corrected chi connectivity index (χ0v) is 8.21. The van der Waals surface area contributed by atoms with Crippen LogP contribution in [0.15, 0.2) is 5.11 Å². The van der Waals surface area contributed by atoms with Crippen molar-refractivity contribution in [3.05, 3.63) is 26.9 Å². The van der Waals surface area contributed by atoms with Gasteiger partial charge in [-0.25, -0.2) is 0 Å². The monoisotopic (exact) mass is 239 g/mol. The summed E-state index contributed by atoms with van der Waals surface area (Å²) in [6.07, 6.45) is -4.61. The third-order valence-electron chi connectivity index (χ3n) is 1.63. The van der Waals surface area contributed by atoms with Gasteiger partial charge in [-0.3, -0.25) is 4.68 Å². The van der Waals surface area contributed by atoms with Gasteiger partial charge >= 0.3 is 6.18 Å². The molecule has 0 N–H and O–H groups in total. The number of aryl methyl sites for hydroxylation is 1. The lowest BCUT2D eigenvalue weighted by Gasteiger charge is -2.03. The Labute approximate surface area is 87.1 Å².